The number of hydrogen-bond donors (Lipinski definition) is 2. The molecule has 168 valence electrons. The highest BCUT2D eigenvalue weighted by molar-refractivity contribution is 5.42. The van der Waals surface area contributed by atoms with Gasteiger partial charge in [-0.2, -0.15) is 0 Å². The summed E-state index contributed by atoms with van der Waals surface area (Å²) in [6.45, 7) is 8.36. The predicted octanol–water partition coefficient (Wildman–Crippen LogP) is 5.82. The number of benzene rings is 2. The van der Waals surface area contributed by atoms with Crippen LogP contribution in [0.5, 0.6) is 0 Å². The second kappa shape index (κ2) is 10.7. The zero-order valence-electron chi connectivity index (χ0n) is 19.2. The molecule has 0 aliphatic carbocycles. The fourth-order valence-electron chi connectivity index (χ4n) is 3.56. The SMILES string of the molecule is Cc1conc1C[C@@H](C)c1cccc(N)c1.Cc1conc1C[C@H](C)c1cccc(N)c1. The third kappa shape index (κ3) is 6.23. The Morgan fingerprint density at radius 2 is 1.12 bits per heavy atom. The van der Waals surface area contributed by atoms with Gasteiger partial charge in [0.2, 0.25) is 0 Å². The summed E-state index contributed by atoms with van der Waals surface area (Å²) in [4.78, 5) is 0. The number of nitrogen functional groups attached to an aromatic ring is 2. The number of hydrogen-bond acceptors (Lipinski definition) is 6. The molecule has 4 aromatic rings. The second-order valence-corrected chi connectivity index (χ2v) is 8.44. The normalized spacial score (nSPS) is 12.6. The molecule has 4 N–H and O–H groups in total. The van der Waals surface area contributed by atoms with E-state index in [0.29, 0.717) is 11.8 Å². The van der Waals surface area contributed by atoms with Crippen molar-refractivity contribution in [2.45, 2.75) is 52.4 Å². The first-order valence-corrected chi connectivity index (χ1v) is 10.8. The minimum atomic E-state index is 0.396. The molecule has 0 spiro atoms. The fourth-order valence-corrected chi connectivity index (χ4v) is 3.56. The van der Waals surface area contributed by atoms with Gasteiger partial charge >= 0.3 is 0 Å². The molecule has 2 atom stereocenters. The second-order valence-electron chi connectivity index (χ2n) is 8.44. The molecular formula is C26H32N4O2. The van der Waals surface area contributed by atoms with Crippen molar-refractivity contribution in [3.05, 3.63) is 94.7 Å². The Morgan fingerprint density at radius 3 is 1.44 bits per heavy atom. The topological polar surface area (TPSA) is 104 Å². The molecule has 2 aromatic carbocycles. The lowest BCUT2D eigenvalue weighted by Crippen LogP contribution is -2.00. The summed E-state index contributed by atoms with van der Waals surface area (Å²) < 4.78 is 9.86. The van der Waals surface area contributed by atoms with E-state index < -0.39 is 0 Å². The summed E-state index contributed by atoms with van der Waals surface area (Å²) in [5, 5.41) is 7.99. The molecule has 0 saturated carbocycles. The van der Waals surface area contributed by atoms with Gasteiger partial charge in [0.1, 0.15) is 12.5 Å². The number of anilines is 2. The van der Waals surface area contributed by atoms with Gasteiger partial charge in [-0.05, 0) is 73.9 Å². The maximum atomic E-state index is 5.77. The molecule has 6 nitrogen and oxygen atoms in total. The Hall–Kier alpha value is -3.54. The van der Waals surface area contributed by atoms with E-state index in [2.05, 4.69) is 36.3 Å². The summed E-state index contributed by atoms with van der Waals surface area (Å²) in [5.41, 5.74) is 19.9. The highest BCUT2D eigenvalue weighted by Crippen LogP contribution is 2.23. The van der Waals surface area contributed by atoms with Crippen LogP contribution in [0.25, 0.3) is 0 Å². The van der Waals surface area contributed by atoms with Gasteiger partial charge in [0.15, 0.2) is 0 Å². The van der Waals surface area contributed by atoms with Crippen LogP contribution in [-0.2, 0) is 12.8 Å². The number of aryl methyl sites for hydroxylation is 2. The molecule has 0 bridgehead atoms. The van der Waals surface area contributed by atoms with Gasteiger partial charge < -0.3 is 20.5 Å². The van der Waals surface area contributed by atoms with E-state index in [1.807, 2.05) is 50.2 Å². The summed E-state index contributed by atoms with van der Waals surface area (Å²) >= 11 is 0. The maximum absolute atomic E-state index is 5.77. The smallest absolute Gasteiger partial charge is 0.126 e. The van der Waals surface area contributed by atoms with E-state index in [1.165, 1.54) is 11.1 Å². The zero-order chi connectivity index (χ0) is 23.1. The molecule has 6 heteroatoms. The molecule has 0 amide bonds. The number of aromatic nitrogens is 2. The predicted molar refractivity (Wildman–Crippen MR) is 128 cm³/mol. The minimum Gasteiger partial charge on any atom is -0.399 e. The zero-order valence-corrected chi connectivity index (χ0v) is 19.2. The standard InChI is InChI=1S/2C13H16N2O/c2*1-9(6-13-10(2)8-16-15-13)11-4-3-5-12(14)7-11/h2*3-5,7-9H,6,14H2,1-2H3/t2*9-/m10/s1. The van der Waals surface area contributed by atoms with Crippen LogP contribution in [0.3, 0.4) is 0 Å². The average Bonchev–Trinajstić information content (AvgIpc) is 3.36. The molecule has 0 aliphatic heterocycles. The molecule has 0 fully saturated rings. The van der Waals surface area contributed by atoms with Gasteiger partial charge in [0, 0.05) is 22.5 Å². The Balaban J connectivity index is 0.000000181. The van der Waals surface area contributed by atoms with Gasteiger partial charge in [-0.15, -0.1) is 0 Å². The fraction of sp³-hybridized carbons (Fsp3) is 0.308. The van der Waals surface area contributed by atoms with Gasteiger partial charge in [0.05, 0.1) is 11.4 Å². The minimum absolute atomic E-state index is 0.396. The van der Waals surface area contributed by atoms with Gasteiger partial charge in [-0.1, -0.05) is 48.4 Å². The molecule has 2 aromatic heterocycles. The first kappa shape index (κ1) is 23.1. The van der Waals surface area contributed by atoms with Crippen molar-refractivity contribution in [2.75, 3.05) is 11.5 Å². The van der Waals surface area contributed by atoms with Gasteiger partial charge in [-0.3, -0.25) is 0 Å². The van der Waals surface area contributed by atoms with Crippen molar-refractivity contribution in [3.63, 3.8) is 0 Å². The largest absolute Gasteiger partial charge is 0.399 e. The summed E-state index contributed by atoms with van der Waals surface area (Å²) in [6.07, 6.45) is 5.13. The van der Waals surface area contributed by atoms with Crippen LogP contribution in [0.15, 0.2) is 70.1 Å². The molecule has 2 heterocycles. The lowest BCUT2D eigenvalue weighted by Gasteiger charge is -2.10. The molecule has 4 rings (SSSR count). The third-order valence-electron chi connectivity index (χ3n) is 5.65. The summed E-state index contributed by atoms with van der Waals surface area (Å²) in [7, 11) is 0. The number of rotatable bonds is 6. The van der Waals surface area contributed by atoms with Crippen molar-refractivity contribution in [1.82, 2.24) is 10.3 Å². The van der Waals surface area contributed by atoms with Crippen molar-refractivity contribution < 1.29 is 9.05 Å². The number of nitrogens with two attached hydrogens (primary N) is 2. The van der Waals surface area contributed by atoms with Crippen LogP contribution >= 0.6 is 0 Å². The monoisotopic (exact) mass is 432 g/mol. The average molecular weight is 433 g/mol. The van der Waals surface area contributed by atoms with Crippen molar-refractivity contribution in [3.8, 4) is 0 Å². The van der Waals surface area contributed by atoms with Crippen LogP contribution in [0.4, 0.5) is 11.4 Å². The highest BCUT2D eigenvalue weighted by atomic mass is 16.5. The summed E-state index contributed by atoms with van der Waals surface area (Å²) in [5.74, 6) is 0.791. The van der Waals surface area contributed by atoms with Crippen molar-refractivity contribution in [2.24, 2.45) is 0 Å². The van der Waals surface area contributed by atoms with E-state index in [-0.39, 0.29) is 0 Å². The van der Waals surface area contributed by atoms with Crippen LogP contribution in [0, 0.1) is 13.8 Å². The van der Waals surface area contributed by atoms with E-state index in [9.17, 15) is 0 Å². The Labute approximate surface area is 189 Å². The maximum Gasteiger partial charge on any atom is 0.126 e. The molecule has 32 heavy (non-hydrogen) atoms. The van der Waals surface area contributed by atoms with Gasteiger partial charge in [0.25, 0.3) is 0 Å². The molecule has 0 unspecified atom stereocenters. The Bertz CT molecular complexity index is 1040. The Morgan fingerprint density at radius 1 is 0.719 bits per heavy atom. The van der Waals surface area contributed by atoms with Crippen LogP contribution < -0.4 is 11.5 Å². The van der Waals surface area contributed by atoms with E-state index in [0.717, 1.165) is 46.7 Å². The molecule has 0 radical (unpaired) electrons. The third-order valence-corrected chi connectivity index (χ3v) is 5.65. The molecule has 0 saturated heterocycles. The first-order chi connectivity index (χ1) is 15.3. The highest BCUT2D eigenvalue weighted by Gasteiger charge is 2.12. The van der Waals surface area contributed by atoms with Crippen molar-refractivity contribution >= 4 is 11.4 Å². The van der Waals surface area contributed by atoms with Crippen molar-refractivity contribution in [1.29, 1.82) is 0 Å². The number of nitrogens with zero attached hydrogens (tertiary/aromatic N) is 2. The van der Waals surface area contributed by atoms with Crippen LogP contribution in [0.1, 0.15) is 59.3 Å². The molecular weight excluding hydrogens is 400 g/mol. The van der Waals surface area contributed by atoms with Gasteiger partial charge in [-0.25, -0.2) is 0 Å². The lowest BCUT2D eigenvalue weighted by atomic mass is 9.95. The first-order valence-electron chi connectivity index (χ1n) is 10.8. The van der Waals surface area contributed by atoms with E-state index in [1.54, 1.807) is 12.5 Å². The quantitative estimate of drug-likeness (QED) is 0.372. The van der Waals surface area contributed by atoms with E-state index >= 15 is 0 Å². The van der Waals surface area contributed by atoms with Crippen LogP contribution in [0.2, 0.25) is 0 Å². The lowest BCUT2D eigenvalue weighted by molar-refractivity contribution is 0.409. The van der Waals surface area contributed by atoms with Crippen LogP contribution in [-0.4, -0.2) is 10.3 Å². The summed E-state index contributed by atoms with van der Waals surface area (Å²) in [6, 6.07) is 16.0. The van der Waals surface area contributed by atoms with E-state index in [4.69, 9.17) is 20.5 Å². The molecule has 0 aliphatic rings. The Kier molecular flexibility index (Phi) is 7.71.